The molecule has 1 unspecified atom stereocenters. The molecule has 3 rings (SSSR count). The minimum absolute atomic E-state index is 0. The zero-order valence-corrected chi connectivity index (χ0v) is 16.8. The van der Waals surface area contributed by atoms with Gasteiger partial charge in [0.05, 0.1) is 6.04 Å². The molecule has 1 aliphatic carbocycles. The van der Waals surface area contributed by atoms with Gasteiger partial charge >= 0.3 is 0 Å². The van der Waals surface area contributed by atoms with Crippen molar-refractivity contribution in [2.45, 2.75) is 38.8 Å². The summed E-state index contributed by atoms with van der Waals surface area (Å²) in [5.41, 5.74) is 8.74. The number of carbonyl (C=O) groups excluding carboxylic acids is 2. The minimum atomic E-state index is -0.175. The van der Waals surface area contributed by atoms with E-state index in [9.17, 15) is 9.59 Å². The lowest BCUT2D eigenvalue weighted by molar-refractivity contribution is -0.123. The standard InChI is InChI=1S/C21H25N3O3.ClH/c1-13-3-6-16(22)11-19(13)21(26)23-14(2)15-4-9-18(10-5-15)27-12-20(25)24-17-7-8-17;/h3-6,9-11,14,17H,7-8,12,22H2,1-2H3,(H,23,26)(H,24,25);1H. The molecule has 150 valence electrons. The van der Waals surface area contributed by atoms with Crippen molar-refractivity contribution in [3.05, 3.63) is 59.2 Å². The first-order valence-corrected chi connectivity index (χ1v) is 9.11. The van der Waals surface area contributed by atoms with Crippen LogP contribution in [-0.2, 0) is 4.79 Å². The highest BCUT2D eigenvalue weighted by atomic mass is 35.5. The molecule has 0 saturated heterocycles. The highest BCUT2D eigenvalue weighted by Crippen LogP contribution is 2.20. The van der Waals surface area contributed by atoms with Crippen molar-refractivity contribution in [2.24, 2.45) is 0 Å². The van der Waals surface area contributed by atoms with Crippen molar-refractivity contribution in [3.63, 3.8) is 0 Å². The number of benzene rings is 2. The molecule has 2 aromatic carbocycles. The van der Waals surface area contributed by atoms with E-state index >= 15 is 0 Å². The Morgan fingerprint density at radius 3 is 2.50 bits per heavy atom. The van der Waals surface area contributed by atoms with Crippen LogP contribution in [0.1, 0.15) is 47.3 Å². The summed E-state index contributed by atoms with van der Waals surface area (Å²) in [6.07, 6.45) is 2.11. The third-order valence-corrected chi connectivity index (χ3v) is 4.55. The van der Waals surface area contributed by atoms with Crippen molar-refractivity contribution in [2.75, 3.05) is 12.3 Å². The molecule has 0 aliphatic heterocycles. The molecule has 1 fully saturated rings. The van der Waals surface area contributed by atoms with Crippen molar-refractivity contribution in [3.8, 4) is 5.75 Å². The van der Waals surface area contributed by atoms with E-state index in [1.54, 1.807) is 24.3 Å². The van der Waals surface area contributed by atoms with Crippen molar-refractivity contribution < 1.29 is 14.3 Å². The minimum Gasteiger partial charge on any atom is -0.484 e. The lowest BCUT2D eigenvalue weighted by Crippen LogP contribution is -2.30. The first-order valence-electron chi connectivity index (χ1n) is 9.11. The first kappa shape index (κ1) is 21.6. The fourth-order valence-electron chi connectivity index (χ4n) is 2.74. The summed E-state index contributed by atoms with van der Waals surface area (Å²) in [5.74, 6) is 0.360. The maximum Gasteiger partial charge on any atom is 0.258 e. The third-order valence-electron chi connectivity index (χ3n) is 4.55. The number of anilines is 1. The van der Waals surface area contributed by atoms with Gasteiger partial charge in [-0.05, 0) is 62.1 Å². The van der Waals surface area contributed by atoms with Gasteiger partial charge in [-0.3, -0.25) is 9.59 Å². The smallest absolute Gasteiger partial charge is 0.258 e. The van der Waals surface area contributed by atoms with Gasteiger partial charge in [0.25, 0.3) is 11.8 Å². The van der Waals surface area contributed by atoms with Crippen LogP contribution in [0.4, 0.5) is 5.69 Å². The van der Waals surface area contributed by atoms with Crippen LogP contribution in [-0.4, -0.2) is 24.5 Å². The van der Waals surface area contributed by atoms with E-state index in [-0.39, 0.29) is 36.9 Å². The van der Waals surface area contributed by atoms with E-state index in [4.69, 9.17) is 10.5 Å². The lowest BCUT2D eigenvalue weighted by Gasteiger charge is -2.16. The normalized spacial score (nSPS) is 13.8. The van der Waals surface area contributed by atoms with Crippen LogP contribution < -0.4 is 21.1 Å². The Bertz CT molecular complexity index is 835. The number of ether oxygens (including phenoxy) is 1. The van der Waals surface area contributed by atoms with Gasteiger partial charge in [-0.2, -0.15) is 0 Å². The summed E-state index contributed by atoms with van der Waals surface area (Å²) < 4.78 is 5.50. The monoisotopic (exact) mass is 403 g/mol. The van der Waals surface area contributed by atoms with Crippen LogP contribution in [0.25, 0.3) is 0 Å². The lowest BCUT2D eigenvalue weighted by atomic mass is 10.0. The molecule has 4 N–H and O–H groups in total. The van der Waals surface area contributed by atoms with Crippen LogP contribution in [0, 0.1) is 6.92 Å². The van der Waals surface area contributed by atoms with Gasteiger partial charge in [-0.15, -0.1) is 12.4 Å². The van der Waals surface area contributed by atoms with Gasteiger partial charge in [0, 0.05) is 17.3 Å². The van der Waals surface area contributed by atoms with Crippen LogP contribution >= 0.6 is 12.4 Å². The van der Waals surface area contributed by atoms with Crippen LogP contribution in [0.5, 0.6) is 5.75 Å². The average molecular weight is 404 g/mol. The third kappa shape index (κ3) is 5.89. The summed E-state index contributed by atoms with van der Waals surface area (Å²) in [6, 6.07) is 12.8. The largest absolute Gasteiger partial charge is 0.484 e. The summed E-state index contributed by atoms with van der Waals surface area (Å²) in [4.78, 5) is 24.2. The Kier molecular flexibility index (Phi) is 7.29. The molecule has 1 saturated carbocycles. The molecule has 28 heavy (non-hydrogen) atoms. The molecule has 1 aliphatic rings. The Morgan fingerprint density at radius 1 is 1.18 bits per heavy atom. The summed E-state index contributed by atoms with van der Waals surface area (Å²) in [6.45, 7) is 3.81. The fraction of sp³-hybridized carbons (Fsp3) is 0.333. The molecule has 1 atom stereocenters. The number of halogens is 1. The number of nitrogens with two attached hydrogens (primary N) is 1. The van der Waals surface area contributed by atoms with E-state index in [2.05, 4.69) is 10.6 Å². The molecule has 0 heterocycles. The van der Waals surface area contributed by atoms with Crippen LogP contribution in [0.15, 0.2) is 42.5 Å². The fourth-order valence-corrected chi connectivity index (χ4v) is 2.74. The Labute approximate surface area is 171 Å². The first-order chi connectivity index (χ1) is 12.9. The second-order valence-corrected chi connectivity index (χ2v) is 6.97. The molecule has 0 spiro atoms. The molecule has 2 amide bonds. The van der Waals surface area contributed by atoms with Gasteiger partial charge in [0.2, 0.25) is 0 Å². The number of nitrogens with one attached hydrogen (secondary N) is 2. The van der Waals surface area contributed by atoms with E-state index in [1.165, 1.54) is 0 Å². The van der Waals surface area contributed by atoms with Crippen LogP contribution in [0.3, 0.4) is 0 Å². The Hall–Kier alpha value is -2.73. The molecular weight excluding hydrogens is 378 g/mol. The second-order valence-electron chi connectivity index (χ2n) is 6.97. The maximum absolute atomic E-state index is 12.5. The summed E-state index contributed by atoms with van der Waals surface area (Å²) in [5, 5.41) is 5.86. The number of aryl methyl sites for hydroxylation is 1. The van der Waals surface area contributed by atoms with E-state index in [1.807, 2.05) is 32.0 Å². The number of carbonyl (C=O) groups is 2. The molecule has 0 radical (unpaired) electrons. The predicted molar refractivity (Wildman–Crippen MR) is 112 cm³/mol. The zero-order valence-electron chi connectivity index (χ0n) is 16.0. The Balaban J connectivity index is 0.00000280. The molecule has 0 bridgehead atoms. The second kappa shape index (κ2) is 9.46. The molecule has 7 heteroatoms. The Morgan fingerprint density at radius 2 is 1.86 bits per heavy atom. The van der Waals surface area contributed by atoms with Gasteiger partial charge in [-0.25, -0.2) is 0 Å². The molecule has 6 nitrogen and oxygen atoms in total. The van der Waals surface area contributed by atoms with Gasteiger partial charge in [-0.1, -0.05) is 18.2 Å². The van der Waals surface area contributed by atoms with Crippen molar-refractivity contribution >= 4 is 29.9 Å². The number of hydrogen-bond acceptors (Lipinski definition) is 4. The number of nitrogen functional groups attached to an aromatic ring is 1. The van der Waals surface area contributed by atoms with E-state index in [0.717, 1.165) is 24.0 Å². The quantitative estimate of drug-likeness (QED) is 0.619. The molecular formula is C21H26ClN3O3. The SMILES string of the molecule is Cc1ccc(N)cc1C(=O)NC(C)c1ccc(OCC(=O)NC2CC2)cc1.Cl. The van der Waals surface area contributed by atoms with Crippen molar-refractivity contribution in [1.29, 1.82) is 0 Å². The molecule has 0 aromatic heterocycles. The predicted octanol–water partition coefficient (Wildman–Crippen LogP) is 3.15. The molecule has 2 aromatic rings. The van der Waals surface area contributed by atoms with E-state index in [0.29, 0.717) is 23.0 Å². The van der Waals surface area contributed by atoms with Gasteiger partial charge < -0.3 is 21.1 Å². The topological polar surface area (TPSA) is 93.5 Å². The summed E-state index contributed by atoms with van der Waals surface area (Å²) >= 11 is 0. The summed E-state index contributed by atoms with van der Waals surface area (Å²) in [7, 11) is 0. The van der Waals surface area contributed by atoms with Crippen LogP contribution in [0.2, 0.25) is 0 Å². The number of hydrogen-bond donors (Lipinski definition) is 3. The highest BCUT2D eigenvalue weighted by Gasteiger charge is 2.23. The van der Waals surface area contributed by atoms with E-state index < -0.39 is 0 Å². The zero-order chi connectivity index (χ0) is 19.4. The number of rotatable bonds is 7. The van der Waals surface area contributed by atoms with Crippen molar-refractivity contribution in [1.82, 2.24) is 10.6 Å². The maximum atomic E-state index is 12.5. The average Bonchev–Trinajstić information content (AvgIpc) is 3.46. The highest BCUT2D eigenvalue weighted by molar-refractivity contribution is 5.96. The van der Waals surface area contributed by atoms with Gasteiger partial charge in [0.15, 0.2) is 6.61 Å². The van der Waals surface area contributed by atoms with Gasteiger partial charge in [0.1, 0.15) is 5.75 Å². The number of amides is 2.